The molecule has 5 rings (SSSR count). The predicted molar refractivity (Wildman–Crippen MR) is 155 cm³/mol. The number of carbonyl (C=O) groups excluding carboxylic acids is 1. The Morgan fingerprint density at radius 2 is 2.05 bits per heavy atom. The number of aromatic nitrogens is 1. The van der Waals surface area contributed by atoms with Gasteiger partial charge in [0.1, 0.15) is 11.9 Å². The van der Waals surface area contributed by atoms with Gasteiger partial charge in [0.05, 0.1) is 5.69 Å². The average Bonchev–Trinajstić information content (AvgIpc) is 3.38. The fraction of sp³-hybridized carbons (Fsp3) is 0.486. The van der Waals surface area contributed by atoms with Gasteiger partial charge >= 0.3 is 5.97 Å². The highest BCUT2D eigenvalue weighted by molar-refractivity contribution is 5.70. The lowest BCUT2D eigenvalue weighted by atomic mass is 9.81. The molecule has 2 fully saturated rings. The molecule has 4 nitrogen and oxygen atoms in total. The van der Waals surface area contributed by atoms with Gasteiger partial charge < -0.3 is 9.15 Å². The predicted octanol–water partition coefficient (Wildman–Crippen LogP) is 8.70. The van der Waals surface area contributed by atoms with Crippen LogP contribution in [0.5, 0.6) is 0 Å². The van der Waals surface area contributed by atoms with Gasteiger partial charge in [0, 0.05) is 18.3 Å². The second-order valence-corrected chi connectivity index (χ2v) is 12.5. The summed E-state index contributed by atoms with van der Waals surface area (Å²) >= 11 is 0. The first-order chi connectivity index (χ1) is 18.7. The maximum absolute atomic E-state index is 12.7. The number of aryl methyl sites for hydroxylation is 1. The highest BCUT2D eigenvalue weighted by Gasteiger charge is 2.36. The van der Waals surface area contributed by atoms with Gasteiger partial charge in [0.2, 0.25) is 0 Å². The molecule has 4 heteroatoms. The number of nitrogens with zero attached hydrogens (tertiary/aromatic N) is 1. The lowest BCUT2D eigenvalue weighted by Crippen LogP contribution is -2.25. The summed E-state index contributed by atoms with van der Waals surface area (Å²) in [5.41, 5.74) is 15.3. The summed E-state index contributed by atoms with van der Waals surface area (Å²) < 4.78 is 11.5. The number of carbonyl (C=O) groups is 1. The SMILES string of the molecule is C=C1CC(c2nc(C)co2)CC1C1=C2CCC(CC(=O)OC(C)(C)C)CCC2=C=CC2=CC=C=CCCC2=C1. The average molecular weight is 524 g/mol. The minimum Gasteiger partial charge on any atom is -0.460 e. The molecule has 0 N–H and O–H groups in total. The summed E-state index contributed by atoms with van der Waals surface area (Å²) in [5, 5.41) is 0. The van der Waals surface area contributed by atoms with Crippen LogP contribution in [0.3, 0.4) is 0 Å². The monoisotopic (exact) mass is 523 g/mol. The van der Waals surface area contributed by atoms with Crippen LogP contribution >= 0.6 is 0 Å². The molecule has 0 aromatic carbocycles. The van der Waals surface area contributed by atoms with Crippen molar-refractivity contribution in [2.24, 2.45) is 11.8 Å². The van der Waals surface area contributed by atoms with Gasteiger partial charge in [-0.05, 0) is 137 Å². The molecule has 2 saturated carbocycles. The molecule has 39 heavy (non-hydrogen) atoms. The van der Waals surface area contributed by atoms with Crippen LogP contribution in [-0.2, 0) is 9.53 Å². The lowest BCUT2D eigenvalue weighted by Gasteiger charge is -2.23. The van der Waals surface area contributed by atoms with Crippen molar-refractivity contribution in [1.29, 1.82) is 0 Å². The molecular weight excluding hydrogens is 482 g/mol. The second-order valence-electron chi connectivity index (χ2n) is 12.5. The van der Waals surface area contributed by atoms with E-state index in [2.05, 4.69) is 47.3 Å². The number of rotatable bonds is 4. The first-order valence-electron chi connectivity index (χ1n) is 14.5. The summed E-state index contributed by atoms with van der Waals surface area (Å²) in [6, 6.07) is 0. The minimum atomic E-state index is -0.454. The van der Waals surface area contributed by atoms with Crippen molar-refractivity contribution in [3.05, 3.63) is 99.7 Å². The molecule has 4 aliphatic rings. The topological polar surface area (TPSA) is 52.3 Å². The van der Waals surface area contributed by atoms with Crippen LogP contribution in [0.25, 0.3) is 0 Å². The molecule has 0 radical (unpaired) electrons. The van der Waals surface area contributed by atoms with E-state index in [9.17, 15) is 4.79 Å². The van der Waals surface area contributed by atoms with Crippen molar-refractivity contribution in [3.63, 3.8) is 0 Å². The van der Waals surface area contributed by atoms with Crippen molar-refractivity contribution in [2.45, 2.75) is 97.0 Å². The Bertz CT molecular complexity index is 1370. The van der Waals surface area contributed by atoms with E-state index in [0.29, 0.717) is 12.3 Å². The largest absolute Gasteiger partial charge is 0.460 e. The quantitative estimate of drug-likeness (QED) is 0.225. The molecule has 3 atom stereocenters. The fourth-order valence-electron chi connectivity index (χ4n) is 6.35. The van der Waals surface area contributed by atoms with Crippen LogP contribution in [-0.4, -0.2) is 16.6 Å². The van der Waals surface area contributed by atoms with E-state index < -0.39 is 5.60 Å². The Kier molecular flexibility index (Phi) is 7.98. The van der Waals surface area contributed by atoms with Crippen molar-refractivity contribution in [2.75, 3.05) is 0 Å². The van der Waals surface area contributed by atoms with E-state index in [1.165, 1.54) is 33.4 Å². The molecule has 3 unspecified atom stereocenters. The Morgan fingerprint density at radius 1 is 1.23 bits per heavy atom. The van der Waals surface area contributed by atoms with E-state index in [0.717, 1.165) is 63.0 Å². The van der Waals surface area contributed by atoms with Crippen molar-refractivity contribution < 1.29 is 13.9 Å². The van der Waals surface area contributed by atoms with Gasteiger partial charge in [-0.2, -0.15) is 0 Å². The number of esters is 1. The van der Waals surface area contributed by atoms with Gasteiger partial charge in [-0.1, -0.05) is 18.2 Å². The van der Waals surface area contributed by atoms with Crippen molar-refractivity contribution >= 4 is 5.97 Å². The first kappa shape index (κ1) is 27.3. The van der Waals surface area contributed by atoms with Gasteiger partial charge in [0.25, 0.3) is 0 Å². The van der Waals surface area contributed by atoms with Crippen LogP contribution in [0.1, 0.15) is 96.1 Å². The Labute approximate surface area is 233 Å². The molecule has 1 heterocycles. The normalized spacial score (nSPS) is 25.4. The molecule has 0 bridgehead atoms. The van der Waals surface area contributed by atoms with Gasteiger partial charge in [0.15, 0.2) is 5.89 Å². The van der Waals surface area contributed by atoms with Crippen LogP contribution in [0.2, 0.25) is 0 Å². The highest BCUT2D eigenvalue weighted by Crippen LogP contribution is 2.48. The molecule has 4 aliphatic carbocycles. The summed E-state index contributed by atoms with van der Waals surface area (Å²) in [4.78, 5) is 17.3. The number of oxazole rings is 1. The number of hydrogen-bond acceptors (Lipinski definition) is 4. The van der Waals surface area contributed by atoms with Gasteiger partial charge in [-0.25, -0.2) is 4.98 Å². The molecule has 0 amide bonds. The Morgan fingerprint density at radius 3 is 2.82 bits per heavy atom. The molecule has 0 spiro atoms. The number of allylic oxidation sites excluding steroid dienone is 9. The molecule has 0 saturated heterocycles. The smallest absolute Gasteiger partial charge is 0.306 e. The third-order valence-electron chi connectivity index (χ3n) is 8.21. The molecule has 1 aromatic heterocycles. The van der Waals surface area contributed by atoms with Gasteiger partial charge in [-0.15, -0.1) is 11.5 Å². The first-order valence-corrected chi connectivity index (χ1v) is 14.5. The van der Waals surface area contributed by atoms with E-state index in [1.807, 2.05) is 33.8 Å². The third kappa shape index (κ3) is 6.64. The summed E-state index contributed by atoms with van der Waals surface area (Å²) in [6.07, 6.45) is 20.7. The number of hydrogen-bond donors (Lipinski definition) is 0. The van der Waals surface area contributed by atoms with E-state index in [4.69, 9.17) is 9.15 Å². The number of ether oxygens (including phenoxy) is 1. The van der Waals surface area contributed by atoms with Crippen LogP contribution < -0.4 is 0 Å². The minimum absolute atomic E-state index is 0.0936. The Hall–Kier alpha value is -3.32. The molecule has 204 valence electrons. The van der Waals surface area contributed by atoms with E-state index >= 15 is 0 Å². The van der Waals surface area contributed by atoms with Crippen LogP contribution in [0.4, 0.5) is 0 Å². The maximum atomic E-state index is 12.7. The lowest BCUT2D eigenvalue weighted by molar-refractivity contribution is -0.156. The van der Waals surface area contributed by atoms with Gasteiger partial charge in [-0.3, -0.25) is 4.79 Å². The fourth-order valence-corrected chi connectivity index (χ4v) is 6.35. The summed E-state index contributed by atoms with van der Waals surface area (Å²) in [5.74, 6) is 1.54. The maximum Gasteiger partial charge on any atom is 0.306 e. The third-order valence-corrected chi connectivity index (χ3v) is 8.21. The highest BCUT2D eigenvalue weighted by atomic mass is 16.6. The molecule has 0 aliphatic heterocycles. The van der Waals surface area contributed by atoms with Crippen molar-refractivity contribution in [3.8, 4) is 0 Å². The molecule has 1 aromatic rings. The zero-order chi connectivity index (χ0) is 27.6. The Balaban J connectivity index is 1.51. The standard InChI is InChI=1S/C35H41NO3/c1-23-18-29(34-36-24(2)22-38-34)21-31(23)32-20-28-11-9-7-6-8-10-26(28)15-16-27-14-12-25(13-17-30(27)32)19-33(37)39-35(3,4)5/h7-8,10,15,20,22,25,29,31H,1,9,11-14,17-19,21H2,2-5H3. The summed E-state index contributed by atoms with van der Waals surface area (Å²) in [7, 11) is 0. The number of fused-ring (bicyclic) bond motifs is 2. The second kappa shape index (κ2) is 11.4. The molecular formula is C35H41NO3. The van der Waals surface area contributed by atoms with Crippen LogP contribution in [0.15, 0.2) is 92.5 Å². The van der Waals surface area contributed by atoms with Crippen molar-refractivity contribution in [1.82, 2.24) is 4.98 Å². The summed E-state index contributed by atoms with van der Waals surface area (Å²) in [6.45, 7) is 12.3. The van der Waals surface area contributed by atoms with E-state index in [-0.39, 0.29) is 17.8 Å². The zero-order valence-corrected chi connectivity index (χ0v) is 23.9. The van der Waals surface area contributed by atoms with Crippen LogP contribution in [0, 0.1) is 18.8 Å². The zero-order valence-electron chi connectivity index (χ0n) is 23.9. The van der Waals surface area contributed by atoms with E-state index in [1.54, 1.807) is 6.26 Å².